The number of hydrogen-bond acceptors (Lipinski definition) is 8. The minimum Gasteiger partial charge on any atom is -0.394 e. The quantitative estimate of drug-likeness (QED) is 0.487. The van der Waals surface area contributed by atoms with Crippen LogP contribution in [0.5, 0.6) is 0 Å². The van der Waals surface area contributed by atoms with Crippen LogP contribution in [0.3, 0.4) is 0 Å². The molecule has 0 saturated carbocycles. The molecule has 0 unspecified atom stereocenters. The number of ketones is 1. The molecule has 1 amide bonds. The zero-order valence-electron chi connectivity index (χ0n) is 13.4. The number of amides is 1. The summed E-state index contributed by atoms with van der Waals surface area (Å²) in [6.07, 6.45) is -0.903. The van der Waals surface area contributed by atoms with Crippen LogP contribution in [0, 0.1) is 0 Å². The predicted octanol–water partition coefficient (Wildman–Crippen LogP) is -0.967. The molecule has 0 radical (unpaired) electrons. The molecule has 0 spiro atoms. The molecule has 1 aliphatic heterocycles. The summed E-state index contributed by atoms with van der Waals surface area (Å²) in [5.74, 6) is -0.556. The maximum Gasteiger partial charge on any atom is 0.233 e. The molecule has 10 nitrogen and oxygen atoms in total. The van der Waals surface area contributed by atoms with Gasteiger partial charge in [-0.05, 0) is 6.92 Å². The van der Waals surface area contributed by atoms with Crippen molar-refractivity contribution in [2.45, 2.75) is 38.4 Å². The fraction of sp³-hybridized carbons (Fsp3) is 0.467. The van der Waals surface area contributed by atoms with Gasteiger partial charge in [0.2, 0.25) is 5.91 Å². The number of hydrogen-bond donors (Lipinski definition) is 4. The second-order valence-corrected chi connectivity index (χ2v) is 5.83. The summed E-state index contributed by atoms with van der Waals surface area (Å²) < 4.78 is 6.97. The molecule has 0 fully saturated rings. The van der Waals surface area contributed by atoms with Crippen LogP contribution in [0.1, 0.15) is 23.7 Å². The molecule has 134 valence electrons. The molecule has 10 heteroatoms. The van der Waals surface area contributed by atoms with Gasteiger partial charge < -0.3 is 29.9 Å². The highest BCUT2D eigenvalue weighted by Gasteiger charge is 2.27. The lowest BCUT2D eigenvalue weighted by Gasteiger charge is -2.23. The first-order valence-electron chi connectivity index (χ1n) is 7.67. The van der Waals surface area contributed by atoms with Crippen LogP contribution in [-0.2, 0) is 16.3 Å². The van der Waals surface area contributed by atoms with E-state index in [-0.39, 0.29) is 24.8 Å². The zero-order valence-corrected chi connectivity index (χ0v) is 13.4. The highest BCUT2D eigenvalue weighted by Crippen LogP contribution is 2.29. The molecule has 0 aromatic carbocycles. The van der Waals surface area contributed by atoms with Crippen LogP contribution < -0.4 is 5.32 Å². The SMILES string of the molecule is C[C@H](O)[C@H](O)[C@@H](CO)OCn1cc2c3c(ncnc31)NC(=O)CC2=O. The highest BCUT2D eigenvalue weighted by molar-refractivity contribution is 6.21. The van der Waals surface area contributed by atoms with E-state index in [1.807, 2.05) is 0 Å². The van der Waals surface area contributed by atoms with Gasteiger partial charge in [0, 0.05) is 11.8 Å². The van der Waals surface area contributed by atoms with Gasteiger partial charge >= 0.3 is 0 Å². The third-order valence-electron chi connectivity index (χ3n) is 4.02. The lowest BCUT2D eigenvalue weighted by Crippen LogP contribution is -2.40. The van der Waals surface area contributed by atoms with Gasteiger partial charge in [-0.15, -0.1) is 0 Å². The molecule has 4 N–H and O–H groups in total. The first kappa shape index (κ1) is 17.4. The maximum atomic E-state index is 12.2. The standard InChI is InChI=1S/C15H18N4O6/c1-7(21)13(24)10(4-20)25-6-19-3-8-9(22)2-11(23)18-14-12(8)15(19)17-5-16-14/h3,5,7,10,13,20-21,24H,2,4,6H2,1H3,(H,16,17,18,23)/t7-,10+,13-/m0/s1. The molecule has 25 heavy (non-hydrogen) atoms. The number of carbonyl (C=O) groups excluding carboxylic acids is 2. The third-order valence-corrected chi connectivity index (χ3v) is 4.02. The molecule has 0 saturated heterocycles. The van der Waals surface area contributed by atoms with Crippen molar-refractivity contribution in [2.24, 2.45) is 0 Å². The van der Waals surface area contributed by atoms with Gasteiger partial charge in [-0.1, -0.05) is 0 Å². The van der Waals surface area contributed by atoms with Crippen LogP contribution in [-0.4, -0.2) is 66.5 Å². The maximum absolute atomic E-state index is 12.2. The molecule has 3 heterocycles. The van der Waals surface area contributed by atoms with Gasteiger partial charge in [0.25, 0.3) is 0 Å². The van der Waals surface area contributed by atoms with Crippen molar-refractivity contribution in [1.29, 1.82) is 0 Å². The molecule has 0 aliphatic carbocycles. The highest BCUT2D eigenvalue weighted by atomic mass is 16.5. The monoisotopic (exact) mass is 350 g/mol. The van der Waals surface area contributed by atoms with E-state index >= 15 is 0 Å². The summed E-state index contributed by atoms with van der Waals surface area (Å²) in [5.41, 5.74) is 0.669. The molecule has 1 aliphatic rings. The minimum atomic E-state index is -1.27. The minimum absolute atomic E-state index is 0.122. The van der Waals surface area contributed by atoms with Gasteiger partial charge in [-0.2, -0.15) is 0 Å². The third kappa shape index (κ3) is 3.24. The molecule has 2 aromatic heterocycles. The van der Waals surface area contributed by atoms with Crippen molar-refractivity contribution in [2.75, 3.05) is 11.9 Å². The van der Waals surface area contributed by atoms with Crippen LogP contribution in [0.25, 0.3) is 11.0 Å². The molecular weight excluding hydrogens is 332 g/mol. The average Bonchev–Trinajstić information content (AvgIpc) is 2.89. The molecule has 3 rings (SSSR count). The number of anilines is 1. The second-order valence-electron chi connectivity index (χ2n) is 5.83. The van der Waals surface area contributed by atoms with E-state index in [4.69, 9.17) is 4.74 Å². The van der Waals surface area contributed by atoms with Crippen molar-refractivity contribution in [1.82, 2.24) is 14.5 Å². The largest absolute Gasteiger partial charge is 0.394 e. The van der Waals surface area contributed by atoms with Gasteiger partial charge in [-0.3, -0.25) is 9.59 Å². The van der Waals surface area contributed by atoms with Crippen molar-refractivity contribution < 1.29 is 29.6 Å². The van der Waals surface area contributed by atoms with Crippen LogP contribution >= 0.6 is 0 Å². The smallest absolute Gasteiger partial charge is 0.233 e. The number of aromatic nitrogens is 3. The number of ether oxygens (including phenoxy) is 1. The van der Waals surface area contributed by atoms with Crippen LogP contribution in [0.2, 0.25) is 0 Å². The number of rotatable bonds is 6. The number of carbonyl (C=O) groups is 2. The van der Waals surface area contributed by atoms with E-state index in [1.54, 1.807) is 0 Å². The van der Waals surface area contributed by atoms with Gasteiger partial charge in [0.15, 0.2) is 5.78 Å². The van der Waals surface area contributed by atoms with Crippen molar-refractivity contribution in [3.05, 3.63) is 18.1 Å². The lowest BCUT2D eigenvalue weighted by atomic mass is 10.1. The second kappa shape index (κ2) is 6.84. The Morgan fingerprint density at radius 2 is 2.12 bits per heavy atom. The Hall–Kier alpha value is -2.40. The summed E-state index contributed by atoms with van der Waals surface area (Å²) in [5, 5.41) is 31.5. The lowest BCUT2D eigenvalue weighted by molar-refractivity contribution is -0.119. The number of aliphatic hydroxyl groups excluding tert-OH is 3. The first-order chi connectivity index (χ1) is 11.9. The molecular formula is C15H18N4O6. The number of nitrogens with one attached hydrogen (secondary N) is 1. The first-order valence-corrected chi connectivity index (χ1v) is 7.67. The van der Waals surface area contributed by atoms with E-state index in [1.165, 1.54) is 24.0 Å². The van der Waals surface area contributed by atoms with Crippen molar-refractivity contribution in [3.63, 3.8) is 0 Å². The normalized spacial score (nSPS) is 17.9. The van der Waals surface area contributed by atoms with Gasteiger partial charge in [0.05, 0.1) is 24.5 Å². The number of Topliss-reactive ketones (excluding diaryl/α,β-unsaturated/α-hetero) is 1. The zero-order chi connectivity index (χ0) is 18.1. The summed E-state index contributed by atoms with van der Waals surface area (Å²) in [6, 6.07) is 0. The Balaban J connectivity index is 1.93. The fourth-order valence-electron chi connectivity index (χ4n) is 2.69. The van der Waals surface area contributed by atoms with Gasteiger partial charge in [0.1, 0.15) is 36.7 Å². The van der Waals surface area contributed by atoms with E-state index in [0.29, 0.717) is 16.6 Å². The van der Waals surface area contributed by atoms with Crippen LogP contribution in [0.4, 0.5) is 5.82 Å². The van der Waals surface area contributed by atoms with Crippen LogP contribution in [0.15, 0.2) is 12.5 Å². The topological polar surface area (TPSA) is 147 Å². The summed E-state index contributed by atoms with van der Waals surface area (Å²) in [6.45, 7) is 0.767. The molecule has 0 bridgehead atoms. The number of aliphatic hydroxyl groups is 3. The summed E-state index contributed by atoms with van der Waals surface area (Å²) >= 11 is 0. The Bertz CT molecular complexity index is 818. The fourth-order valence-corrected chi connectivity index (χ4v) is 2.69. The molecule has 3 atom stereocenters. The van der Waals surface area contributed by atoms with E-state index in [0.717, 1.165) is 0 Å². The Labute approximate surface area is 142 Å². The summed E-state index contributed by atoms with van der Waals surface area (Å²) in [7, 11) is 0. The van der Waals surface area contributed by atoms with Crippen molar-refractivity contribution in [3.8, 4) is 0 Å². The predicted molar refractivity (Wildman–Crippen MR) is 84.8 cm³/mol. The Kier molecular flexibility index (Phi) is 4.77. The molecule has 2 aromatic rings. The van der Waals surface area contributed by atoms with E-state index in [2.05, 4.69) is 15.3 Å². The average molecular weight is 350 g/mol. The Morgan fingerprint density at radius 3 is 2.80 bits per heavy atom. The van der Waals surface area contributed by atoms with E-state index < -0.39 is 30.8 Å². The van der Waals surface area contributed by atoms with Gasteiger partial charge in [-0.25, -0.2) is 9.97 Å². The Morgan fingerprint density at radius 1 is 1.36 bits per heavy atom. The van der Waals surface area contributed by atoms with E-state index in [9.17, 15) is 24.9 Å². The van der Waals surface area contributed by atoms with Crippen molar-refractivity contribution >= 4 is 28.5 Å². The summed E-state index contributed by atoms with van der Waals surface area (Å²) in [4.78, 5) is 32.0. The number of nitrogens with zero attached hydrogens (tertiary/aromatic N) is 3.